The van der Waals surface area contributed by atoms with Gasteiger partial charge in [-0.05, 0) is 44.9 Å². The van der Waals surface area contributed by atoms with Crippen molar-refractivity contribution >= 4 is 29.9 Å². The predicted octanol–water partition coefficient (Wildman–Crippen LogP) is 3.05. The van der Waals surface area contributed by atoms with E-state index >= 15 is 0 Å². The van der Waals surface area contributed by atoms with Gasteiger partial charge in [0.05, 0.1) is 18.8 Å². The lowest BCUT2D eigenvalue weighted by molar-refractivity contribution is -0.0817. The number of halogens is 1. The van der Waals surface area contributed by atoms with Crippen molar-refractivity contribution in [1.29, 1.82) is 0 Å². The van der Waals surface area contributed by atoms with Crippen molar-refractivity contribution in [3.05, 3.63) is 0 Å². The first-order chi connectivity index (χ1) is 12.8. The average Bonchev–Trinajstić information content (AvgIpc) is 3.38. The molecule has 3 atom stereocenters. The summed E-state index contributed by atoms with van der Waals surface area (Å²) in [5, 5.41) is 3.56. The molecule has 3 fully saturated rings. The summed E-state index contributed by atoms with van der Waals surface area (Å²) in [6.45, 7) is 7.19. The van der Waals surface area contributed by atoms with E-state index in [-0.39, 0.29) is 36.2 Å². The Kier molecular flexibility index (Phi) is 10.7. The van der Waals surface area contributed by atoms with Crippen LogP contribution in [0.3, 0.4) is 0 Å². The molecule has 158 valence electrons. The number of nitrogens with zero attached hydrogens (tertiary/aromatic N) is 2. The van der Waals surface area contributed by atoms with Gasteiger partial charge in [0.15, 0.2) is 5.96 Å². The van der Waals surface area contributed by atoms with Gasteiger partial charge in [-0.1, -0.05) is 12.8 Å². The molecule has 2 heterocycles. The maximum atomic E-state index is 6.04. The molecule has 3 rings (SSSR count). The van der Waals surface area contributed by atoms with Crippen molar-refractivity contribution in [1.82, 2.24) is 10.2 Å². The number of morpholine rings is 1. The van der Waals surface area contributed by atoms with Gasteiger partial charge in [-0.15, -0.1) is 24.0 Å². The first kappa shape index (κ1) is 23.2. The summed E-state index contributed by atoms with van der Waals surface area (Å²) in [6.07, 6.45) is 9.50. The van der Waals surface area contributed by atoms with Gasteiger partial charge in [-0.3, -0.25) is 4.99 Å². The van der Waals surface area contributed by atoms with E-state index in [4.69, 9.17) is 14.2 Å². The summed E-state index contributed by atoms with van der Waals surface area (Å²) in [5.41, 5.74) is 0. The molecule has 2 aliphatic heterocycles. The Morgan fingerprint density at radius 3 is 2.59 bits per heavy atom. The summed E-state index contributed by atoms with van der Waals surface area (Å²) in [5.74, 6) is 1.73. The first-order valence-electron chi connectivity index (χ1n) is 10.6. The first-order valence-corrected chi connectivity index (χ1v) is 10.6. The van der Waals surface area contributed by atoms with Crippen LogP contribution in [-0.2, 0) is 14.2 Å². The van der Waals surface area contributed by atoms with Crippen molar-refractivity contribution in [2.75, 3.05) is 46.5 Å². The van der Waals surface area contributed by atoms with E-state index in [1.807, 2.05) is 7.05 Å². The molecule has 0 amide bonds. The predicted molar refractivity (Wildman–Crippen MR) is 119 cm³/mol. The van der Waals surface area contributed by atoms with Crippen LogP contribution in [0.2, 0.25) is 0 Å². The molecule has 0 aromatic carbocycles. The Bertz CT molecular complexity index is 440. The maximum absolute atomic E-state index is 6.04. The van der Waals surface area contributed by atoms with Crippen LogP contribution >= 0.6 is 24.0 Å². The highest BCUT2D eigenvalue weighted by atomic mass is 127. The average molecular weight is 495 g/mol. The van der Waals surface area contributed by atoms with Crippen molar-refractivity contribution in [2.24, 2.45) is 10.9 Å². The molecule has 1 N–H and O–H groups in total. The molecule has 6 nitrogen and oxygen atoms in total. The number of nitrogens with one attached hydrogen (secondary N) is 1. The Labute approximate surface area is 181 Å². The Balaban J connectivity index is 0.00000261. The normalized spacial score (nSPS) is 28.2. The third-order valence-electron chi connectivity index (χ3n) is 6.00. The van der Waals surface area contributed by atoms with Gasteiger partial charge in [-0.2, -0.15) is 0 Å². The molecular formula is C20H38IN3O3. The van der Waals surface area contributed by atoms with Crippen LogP contribution in [0.5, 0.6) is 0 Å². The molecule has 1 saturated carbocycles. The number of rotatable bonds is 7. The third kappa shape index (κ3) is 6.72. The second-order valence-corrected chi connectivity index (χ2v) is 7.71. The summed E-state index contributed by atoms with van der Waals surface area (Å²) in [6, 6.07) is 0. The van der Waals surface area contributed by atoms with E-state index < -0.39 is 0 Å². The smallest absolute Gasteiger partial charge is 0.193 e. The fourth-order valence-corrected chi connectivity index (χ4v) is 4.65. The summed E-state index contributed by atoms with van der Waals surface area (Å²) in [7, 11) is 1.87. The minimum Gasteiger partial charge on any atom is -0.378 e. The molecular weight excluding hydrogens is 457 g/mol. The largest absolute Gasteiger partial charge is 0.378 e. The maximum Gasteiger partial charge on any atom is 0.193 e. The van der Waals surface area contributed by atoms with E-state index in [1.54, 1.807) is 0 Å². The van der Waals surface area contributed by atoms with E-state index in [0.29, 0.717) is 6.10 Å². The molecule has 3 unspecified atom stereocenters. The molecule has 27 heavy (non-hydrogen) atoms. The van der Waals surface area contributed by atoms with Gasteiger partial charge in [-0.25, -0.2) is 0 Å². The number of guanidine groups is 1. The summed E-state index contributed by atoms with van der Waals surface area (Å²) in [4.78, 5) is 6.83. The van der Waals surface area contributed by atoms with Crippen LogP contribution in [0.15, 0.2) is 4.99 Å². The SMILES string of the molecule is CCOC(CCNC(=NC)N1CCOC(C2CCCO2)C1)C1CCCC1.I. The second-order valence-electron chi connectivity index (χ2n) is 7.71. The topological polar surface area (TPSA) is 55.3 Å². The highest BCUT2D eigenvalue weighted by Gasteiger charge is 2.32. The Morgan fingerprint density at radius 2 is 1.93 bits per heavy atom. The molecule has 1 aliphatic carbocycles. The Hall–Kier alpha value is -0.120. The van der Waals surface area contributed by atoms with E-state index in [2.05, 4.69) is 22.1 Å². The van der Waals surface area contributed by atoms with Crippen molar-refractivity contribution in [3.63, 3.8) is 0 Å². The van der Waals surface area contributed by atoms with Gasteiger partial charge in [0.1, 0.15) is 6.10 Å². The van der Waals surface area contributed by atoms with Crippen LogP contribution in [0.4, 0.5) is 0 Å². The monoisotopic (exact) mass is 495 g/mol. The molecule has 0 bridgehead atoms. The van der Waals surface area contributed by atoms with Gasteiger partial charge in [0, 0.05) is 39.9 Å². The summed E-state index contributed by atoms with van der Waals surface area (Å²) >= 11 is 0. The Morgan fingerprint density at radius 1 is 1.15 bits per heavy atom. The fourth-order valence-electron chi connectivity index (χ4n) is 4.65. The number of ether oxygens (including phenoxy) is 3. The lowest BCUT2D eigenvalue weighted by Crippen LogP contribution is -2.53. The molecule has 7 heteroatoms. The van der Waals surface area contributed by atoms with E-state index in [0.717, 1.165) is 70.6 Å². The highest BCUT2D eigenvalue weighted by Crippen LogP contribution is 2.30. The quantitative estimate of drug-likeness (QED) is 0.335. The highest BCUT2D eigenvalue weighted by molar-refractivity contribution is 14.0. The van der Waals surface area contributed by atoms with Gasteiger partial charge < -0.3 is 24.4 Å². The van der Waals surface area contributed by atoms with E-state index in [9.17, 15) is 0 Å². The molecule has 0 aromatic rings. The van der Waals surface area contributed by atoms with Crippen LogP contribution in [-0.4, -0.2) is 75.7 Å². The number of aliphatic imine (C=N–C) groups is 1. The fraction of sp³-hybridized carbons (Fsp3) is 0.950. The lowest BCUT2D eigenvalue weighted by Gasteiger charge is -2.37. The summed E-state index contributed by atoms with van der Waals surface area (Å²) < 4.78 is 17.8. The van der Waals surface area contributed by atoms with Crippen LogP contribution in [0.25, 0.3) is 0 Å². The molecule has 0 spiro atoms. The van der Waals surface area contributed by atoms with Gasteiger partial charge >= 0.3 is 0 Å². The second kappa shape index (κ2) is 12.4. The lowest BCUT2D eigenvalue weighted by atomic mass is 9.98. The zero-order valence-corrected chi connectivity index (χ0v) is 19.4. The molecule has 0 aromatic heterocycles. The van der Waals surface area contributed by atoms with Crippen LogP contribution < -0.4 is 5.32 Å². The van der Waals surface area contributed by atoms with Crippen LogP contribution in [0.1, 0.15) is 51.9 Å². The van der Waals surface area contributed by atoms with Gasteiger partial charge in [0.2, 0.25) is 0 Å². The number of hydrogen-bond donors (Lipinski definition) is 1. The van der Waals surface area contributed by atoms with Crippen LogP contribution in [0, 0.1) is 5.92 Å². The molecule has 3 aliphatic rings. The number of hydrogen-bond acceptors (Lipinski definition) is 4. The molecule has 0 radical (unpaired) electrons. The van der Waals surface area contributed by atoms with Crippen molar-refractivity contribution in [3.8, 4) is 0 Å². The zero-order chi connectivity index (χ0) is 18.2. The van der Waals surface area contributed by atoms with Crippen molar-refractivity contribution in [2.45, 2.75) is 70.2 Å². The standard InChI is InChI=1S/C20H37N3O3.HI/c1-3-24-17(16-7-4-5-8-16)10-11-22-20(21-2)23-12-14-26-19(15-23)18-9-6-13-25-18;/h16-19H,3-15H2,1-2H3,(H,21,22);1H. The van der Waals surface area contributed by atoms with E-state index in [1.165, 1.54) is 25.7 Å². The van der Waals surface area contributed by atoms with Gasteiger partial charge in [0.25, 0.3) is 0 Å². The minimum absolute atomic E-state index is 0. The molecule has 2 saturated heterocycles. The van der Waals surface area contributed by atoms with Crippen molar-refractivity contribution < 1.29 is 14.2 Å². The minimum atomic E-state index is 0. The third-order valence-corrected chi connectivity index (χ3v) is 6.00. The zero-order valence-electron chi connectivity index (χ0n) is 17.0.